The van der Waals surface area contributed by atoms with Crippen LogP contribution < -0.4 is 5.32 Å². The summed E-state index contributed by atoms with van der Waals surface area (Å²) in [7, 11) is 6.64. The van der Waals surface area contributed by atoms with E-state index < -0.39 is 11.8 Å². The number of likely N-dealkylation sites (N-methyl/N-ethyl adjacent to an activating group) is 1. The lowest BCUT2D eigenvalue weighted by Gasteiger charge is -2.20. The van der Waals surface area contributed by atoms with Crippen LogP contribution in [0.2, 0.25) is 0 Å². The van der Waals surface area contributed by atoms with Gasteiger partial charge in [0.05, 0.1) is 13.2 Å². The Kier molecular flexibility index (Phi) is 56.0. The lowest BCUT2D eigenvalue weighted by Crippen LogP contribution is -2.31. The largest absolute Gasteiger partial charge is 0.460 e. The summed E-state index contributed by atoms with van der Waals surface area (Å²) in [5, 5.41) is 22.5. The Labute approximate surface area is 310 Å². The molecular weight excluding hydrogens is 636 g/mol. The summed E-state index contributed by atoms with van der Waals surface area (Å²) in [4.78, 5) is 25.6. The Hall–Kier alpha value is -2.24. The zero-order valence-corrected chi connectivity index (χ0v) is 35.7. The second-order valence-electron chi connectivity index (χ2n) is 11.7. The summed E-state index contributed by atoms with van der Waals surface area (Å²) >= 11 is 0. The maximum Gasteiger partial charge on any atom is 0.306 e. The molecule has 10 nitrogen and oxygen atoms in total. The minimum absolute atomic E-state index is 0.155. The van der Waals surface area contributed by atoms with Gasteiger partial charge in [0.1, 0.15) is 11.8 Å². The molecule has 0 aromatic rings. The number of carbonyl (C=O) groups excluding carboxylic acids is 2. The van der Waals surface area contributed by atoms with Crippen molar-refractivity contribution in [3.63, 3.8) is 0 Å². The van der Waals surface area contributed by atoms with Crippen LogP contribution in [0.15, 0.2) is 35.6 Å². The van der Waals surface area contributed by atoms with Crippen molar-refractivity contribution in [3.05, 3.63) is 35.6 Å². The smallest absolute Gasteiger partial charge is 0.306 e. The molecule has 0 fully saturated rings. The van der Waals surface area contributed by atoms with Crippen molar-refractivity contribution in [2.24, 2.45) is 5.92 Å². The third-order valence-corrected chi connectivity index (χ3v) is 5.70. The number of hydrogen-bond acceptors (Lipinski definition) is 9. The number of ether oxygens (including phenoxy) is 4. The summed E-state index contributed by atoms with van der Waals surface area (Å²) in [6.45, 7) is 28.0. The van der Waals surface area contributed by atoms with Crippen LogP contribution in [0.1, 0.15) is 135 Å². The molecule has 0 heterocycles. The van der Waals surface area contributed by atoms with E-state index in [1.54, 1.807) is 33.3 Å². The molecule has 0 aliphatic heterocycles. The van der Waals surface area contributed by atoms with E-state index in [0.717, 1.165) is 43.6 Å². The number of aliphatic hydroxyl groups is 2. The molecule has 1 unspecified atom stereocenters. The number of allylic oxidation sites excluding steroid dienone is 3. The maximum absolute atomic E-state index is 12.1. The normalized spacial score (nSPS) is 11.5. The van der Waals surface area contributed by atoms with Gasteiger partial charge in [-0.3, -0.25) is 9.59 Å². The Morgan fingerprint density at radius 3 is 1.90 bits per heavy atom. The molecule has 1 atom stereocenters. The zero-order valence-electron chi connectivity index (χ0n) is 35.7. The number of amides is 1. The highest BCUT2D eigenvalue weighted by molar-refractivity contribution is 5.87. The molecule has 0 aliphatic carbocycles. The van der Waals surface area contributed by atoms with Crippen LogP contribution in [0.5, 0.6) is 0 Å². The zero-order chi connectivity index (χ0) is 40.4. The highest BCUT2D eigenvalue weighted by Gasteiger charge is 2.16. The molecule has 0 aromatic carbocycles. The first kappa shape index (κ1) is 59.9. The fourth-order valence-corrected chi connectivity index (χ4v) is 3.43. The Morgan fingerprint density at radius 2 is 1.46 bits per heavy atom. The quantitative estimate of drug-likeness (QED) is 0.0373. The van der Waals surface area contributed by atoms with Crippen LogP contribution >= 0.6 is 0 Å². The molecule has 1 amide bonds. The van der Waals surface area contributed by atoms with Gasteiger partial charge in [0.15, 0.2) is 0 Å². The third-order valence-electron chi connectivity index (χ3n) is 5.70. The highest BCUT2D eigenvalue weighted by atomic mass is 16.6. The van der Waals surface area contributed by atoms with Crippen LogP contribution in [-0.2, 0) is 28.5 Å². The molecule has 0 saturated heterocycles. The van der Waals surface area contributed by atoms with Crippen molar-refractivity contribution in [3.8, 4) is 0 Å². The molecule has 50 heavy (non-hydrogen) atoms. The molecule has 3 N–H and O–H groups in total. The van der Waals surface area contributed by atoms with E-state index in [2.05, 4.69) is 28.6 Å². The van der Waals surface area contributed by atoms with Gasteiger partial charge in [-0.15, -0.1) is 0 Å². The molecule has 0 rings (SSSR count). The third kappa shape index (κ3) is 52.6. The van der Waals surface area contributed by atoms with E-state index in [0.29, 0.717) is 38.5 Å². The minimum atomic E-state index is -0.759. The van der Waals surface area contributed by atoms with Crippen molar-refractivity contribution in [2.75, 3.05) is 61.3 Å². The van der Waals surface area contributed by atoms with Crippen LogP contribution in [0.4, 0.5) is 0 Å². The molecular formula is C40H84N2O8. The van der Waals surface area contributed by atoms with E-state index in [-0.39, 0.29) is 24.9 Å². The molecule has 302 valence electrons. The van der Waals surface area contributed by atoms with Gasteiger partial charge in [0.25, 0.3) is 0 Å². The van der Waals surface area contributed by atoms with Gasteiger partial charge in [0.2, 0.25) is 5.91 Å². The number of aliphatic hydroxyl groups excluding tert-OH is 2. The van der Waals surface area contributed by atoms with E-state index in [1.807, 2.05) is 88.3 Å². The number of nitrogens with zero attached hydrogens (tertiary/aromatic N) is 1. The van der Waals surface area contributed by atoms with Gasteiger partial charge in [-0.1, -0.05) is 67.5 Å². The molecule has 0 aromatic heterocycles. The van der Waals surface area contributed by atoms with Crippen molar-refractivity contribution < 1.29 is 38.7 Å². The van der Waals surface area contributed by atoms with Crippen molar-refractivity contribution >= 4 is 11.9 Å². The lowest BCUT2D eigenvalue weighted by molar-refractivity contribution is -0.154. The van der Waals surface area contributed by atoms with E-state index in [1.165, 1.54) is 12.2 Å². The van der Waals surface area contributed by atoms with Gasteiger partial charge in [0, 0.05) is 66.3 Å². The maximum atomic E-state index is 12.1. The summed E-state index contributed by atoms with van der Waals surface area (Å²) in [5.41, 5.74) is 1.21. The topological polar surface area (TPSA) is 127 Å². The van der Waals surface area contributed by atoms with Crippen LogP contribution in [0.25, 0.3) is 0 Å². The highest BCUT2D eigenvalue weighted by Crippen LogP contribution is 2.15. The summed E-state index contributed by atoms with van der Waals surface area (Å²) < 4.78 is 20.1. The predicted molar refractivity (Wildman–Crippen MR) is 213 cm³/mol. The van der Waals surface area contributed by atoms with Gasteiger partial charge in [-0.25, -0.2) is 0 Å². The van der Waals surface area contributed by atoms with Gasteiger partial charge < -0.3 is 39.4 Å². The number of rotatable bonds is 20. The predicted octanol–water partition coefficient (Wildman–Crippen LogP) is 8.47. The first-order valence-electron chi connectivity index (χ1n) is 18.7. The van der Waals surface area contributed by atoms with Gasteiger partial charge in [-0.05, 0) is 90.7 Å². The van der Waals surface area contributed by atoms with Crippen LogP contribution in [0, 0.1) is 5.92 Å². The fourth-order valence-electron chi connectivity index (χ4n) is 3.43. The number of nitrogens with one attached hydrogen (secondary N) is 1. The first-order valence-corrected chi connectivity index (χ1v) is 18.7. The Morgan fingerprint density at radius 1 is 0.920 bits per heavy atom. The first-order chi connectivity index (χ1) is 23.7. The van der Waals surface area contributed by atoms with Gasteiger partial charge >= 0.3 is 5.97 Å². The van der Waals surface area contributed by atoms with E-state index in [4.69, 9.17) is 14.6 Å². The number of unbranched alkanes of at least 4 members (excludes halogenated alkanes) is 1. The van der Waals surface area contributed by atoms with Crippen molar-refractivity contribution in [1.82, 2.24) is 10.2 Å². The standard InChI is InChI=1S/C29H52N2O6.C3H8O.C2H6O.3C2H6/c1-8-24(16-17-28(35)37-29(4,5)6)21-25(22-36-20-12-13-23(2)3)30-26(33)14-9-10-18-31(7)27(34)15-11-19-32;1-3-4-2;1-3-2;3*1-2/h8,11,15,21,23,26,30,32-33H,9-10,12-14,16-20,22H2,1-7H3;3H2,1-2H3;1-2H3;3*1-2H3/b15-11-,24-8-,25-21+;;;;;. The summed E-state index contributed by atoms with van der Waals surface area (Å²) in [5.74, 6) is 0.230. The second-order valence-corrected chi connectivity index (χ2v) is 11.7. The van der Waals surface area contributed by atoms with E-state index >= 15 is 0 Å². The summed E-state index contributed by atoms with van der Waals surface area (Å²) in [6, 6.07) is 0. The van der Waals surface area contributed by atoms with Gasteiger partial charge in [-0.2, -0.15) is 0 Å². The monoisotopic (exact) mass is 721 g/mol. The number of carbonyl (C=O) groups is 2. The summed E-state index contributed by atoms with van der Waals surface area (Å²) in [6.07, 6.45) is 10.8. The molecule has 10 heteroatoms. The Bertz CT molecular complexity index is 789. The van der Waals surface area contributed by atoms with Crippen LogP contribution in [-0.4, -0.2) is 100 Å². The average molecular weight is 721 g/mol. The minimum Gasteiger partial charge on any atom is -0.460 e. The molecule has 0 aliphatic rings. The SMILES string of the molecule is C/C=C(\C=C(/COCCCC(C)C)NC(O)CCCCN(C)C(=O)/C=C\CO)CCC(=O)OC(C)(C)C.CC.CC.CC.CCOC.COC. The molecule has 0 spiro atoms. The lowest BCUT2D eigenvalue weighted by atomic mass is 10.1. The number of esters is 1. The number of methoxy groups -OCH3 is 2. The average Bonchev–Trinajstić information content (AvgIpc) is 3.09. The Balaban J connectivity index is -0.000000323. The number of hydrogen-bond donors (Lipinski definition) is 3. The molecule has 0 radical (unpaired) electrons. The van der Waals surface area contributed by atoms with E-state index in [9.17, 15) is 14.7 Å². The van der Waals surface area contributed by atoms with Crippen molar-refractivity contribution in [2.45, 2.75) is 147 Å². The van der Waals surface area contributed by atoms with Crippen LogP contribution in [0.3, 0.4) is 0 Å². The van der Waals surface area contributed by atoms with Crippen molar-refractivity contribution in [1.29, 1.82) is 0 Å². The molecule has 0 bridgehead atoms. The molecule has 0 saturated carbocycles. The fraction of sp³-hybridized carbons (Fsp3) is 0.800. The second kappa shape index (κ2) is 46.8.